The molecule has 2 aromatic carbocycles. The van der Waals surface area contributed by atoms with Gasteiger partial charge >= 0.3 is 5.97 Å². The zero-order valence-electron chi connectivity index (χ0n) is 18.9. The third kappa shape index (κ3) is 6.42. The Bertz CT molecular complexity index is 1160. The Morgan fingerprint density at radius 1 is 1.15 bits per heavy atom. The van der Waals surface area contributed by atoms with Crippen molar-refractivity contribution in [2.75, 3.05) is 12.9 Å². The number of methoxy groups -OCH3 is 1. The lowest BCUT2D eigenvalue weighted by molar-refractivity contribution is -0.132. The Balaban J connectivity index is 1.58. The van der Waals surface area contributed by atoms with Crippen LogP contribution in [-0.2, 0) is 16.1 Å². The SMILES string of the molecule is CCn1c(SCC(=O)N/N=C\c2ccc(OC(C)=O)c(OC)c2)nnc1-c1ccc(C)cc1. The molecule has 0 aliphatic rings. The summed E-state index contributed by atoms with van der Waals surface area (Å²) in [6.45, 7) is 6.04. The van der Waals surface area contributed by atoms with Crippen LogP contribution in [0.2, 0.25) is 0 Å². The second-order valence-electron chi connectivity index (χ2n) is 7.00. The number of hydrazone groups is 1. The Morgan fingerprint density at radius 2 is 1.91 bits per heavy atom. The van der Waals surface area contributed by atoms with Crippen molar-refractivity contribution in [3.63, 3.8) is 0 Å². The first-order valence-corrected chi connectivity index (χ1v) is 11.2. The molecule has 0 fully saturated rings. The van der Waals surface area contributed by atoms with Crippen molar-refractivity contribution in [1.82, 2.24) is 20.2 Å². The summed E-state index contributed by atoms with van der Waals surface area (Å²) in [4.78, 5) is 23.4. The minimum absolute atomic E-state index is 0.137. The lowest BCUT2D eigenvalue weighted by atomic mass is 10.1. The van der Waals surface area contributed by atoms with Gasteiger partial charge in [0.15, 0.2) is 22.5 Å². The largest absolute Gasteiger partial charge is 0.493 e. The third-order valence-electron chi connectivity index (χ3n) is 4.52. The Morgan fingerprint density at radius 3 is 2.58 bits per heavy atom. The normalized spacial score (nSPS) is 10.9. The van der Waals surface area contributed by atoms with Crippen LogP contribution in [0.25, 0.3) is 11.4 Å². The fourth-order valence-electron chi connectivity index (χ4n) is 2.94. The maximum atomic E-state index is 12.2. The van der Waals surface area contributed by atoms with Crippen molar-refractivity contribution in [1.29, 1.82) is 0 Å². The van der Waals surface area contributed by atoms with E-state index in [2.05, 4.69) is 20.7 Å². The number of aryl methyl sites for hydroxylation is 1. The lowest BCUT2D eigenvalue weighted by Crippen LogP contribution is -2.20. The quantitative estimate of drug-likeness (QED) is 0.169. The number of rotatable bonds is 9. The van der Waals surface area contributed by atoms with Crippen molar-refractivity contribution in [2.45, 2.75) is 32.5 Å². The zero-order chi connectivity index (χ0) is 23.8. The van der Waals surface area contributed by atoms with Gasteiger partial charge < -0.3 is 14.0 Å². The predicted molar refractivity (Wildman–Crippen MR) is 127 cm³/mol. The van der Waals surface area contributed by atoms with Crippen LogP contribution in [0.4, 0.5) is 0 Å². The molecule has 3 aromatic rings. The van der Waals surface area contributed by atoms with E-state index in [4.69, 9.17) is 9.47 Å². The molecule has 9 nitrogen and oxygen atoms in total. The van der Waals surface area contributed by atoms with E-state index in [1.54, 1.807) is 18.2 Å². The third-order valence-corrected chi connectivity index (χ3v) is 5.49. The average Bonchev–Trinajstić information content (AvgIpc) is 3.21. The number of nitrogens with one attached hydrogen (secondary N) is 1. The summed E-state index contributed by atoms with van der Waals surface area (Å²) in [5, 5.41) is 13.2. The highest BCUT2D eigenvalue weighted by atomic mass is 32.2. The van der Waals surface area contributed by atoms with E-state index in [0.717, 1.165) is 11.4 Å². The summed E-state index contributed by atoms with van der Waals surface area (Å²) in [5.74, 6) is 0.890. The molecule has 0 unspecified atom stereocenters. The van der Waals surface area contributed by atoms with E-state index in [1.807, 2.05) is 42.7 Å². The van der Waals surface area contributed by atoms with Gasteiger partial charge in [0.2, 0.25) is 0 Å². The second-order valence-corrected chi connectivity index (χ2v) is 7.94. The van der Waals surface area contributed by atoms with E-state index in [1.165, 1.54) is 37.6 Å². The molecular weight excluding hydrogens is 442 g/mol. The van der Waals surface area contributed by atoms with Gasteiger partial charge in [0, 0.05) is 19.0 Å². The molecule has 0 radical (unpaired) electrons. The Labute approximate surface area is 196 Å². The van der Waals surface area contributed by atoms with Gasteiger partial charge in [-0.25, -0.2) is 5.43 Å². The number of ether oxygens (including phenoxy) is 2. The molecule has 0 aliphatic carbocycles. The highest BCUT2D eigenvalue weighted by Crippen LogP contribution is 2.27. The first kappa shape index (κ1) is 24.0. The molecule has 1 amide bonds. The average molecular weight is 468 g/mol. The maximum absolute atomic E-state index is 12.2. The number of hydrogen-bond acceptors (Lipinski definition) is 8. The molecule has 33 heavy (non-hydrogen) atoms. The molecule has 3 rings (SSSR count). The summed E-state index contributed by atoms with van der Waals surface area (Å²) in [6.07, 6.45) is 1.48. The Kier molecular flexibility index (Phi) is 8.20. The number of esters is 1. The van der Waals surface area contributed by atoms with Crippen LogP contribution < -0.4 is 14.9 Å². The van der Waals surface area contributed by atoms with E-state index in [-0.39, 0.29) is 11.7 Å². The van der Waals surface area contributed by atoms with Crippen LogP contribution in [0.3, 0.4) is 0 Å². The highest BCUT2D eigenvalue weighted by molar-refractivity contribution is 7.99. The van der Waals surface area contributed by atoms with Crippen LogP contribution in [-0.4, -0.2) is 45.7 Å². The highest BCUT2D eigenvalue weighted by Gasteiger charge is 2.14. The fourth-order valence-corrected chi connectivity index (χ4v) is 3.74. The molecule has 0 saturated heterocycles. The smallest absolute Gasteiger partial charge is 0.308 e. The van der Waals surface area contributed by atoms with Crippen LogP contribution in [0.1, 0.15) is 25.0 Å². The molecule has 0 saturated carbocycles. The van der Waals surface area contributed by atoms with Gasteiger partial charge in [0.25, 0.3) is 5.91 Å². The number of carbonyl (C=O) groups excluding carboxylic acids is 2. The van der Waals surface area contributed by atoms with E-state index in [9.17, 15) is 9.59 Å². The van der Waals surface area contributed by atoms with Gasteiger partial charge in [-0.05, 0) is 37.6 Å². The Hall–Kier alpha value is -3.66. The topological polar surface area (TPSA) is 108 Å². The number of benzene rings is 2. The number of amides is 1. The number of hydrogen-bond donors (Lipinski definition) is 1. The molecule has 0 atom stereocenters. The fraction of sp³-hybridized carbons (Fsp3) is 0.261. The van der Waals surface area contributed by atoms with Gasteiger partial charge in [-0.1, -0.05) is 41.6 Å². The molecule has 1 aromatic heterocycles. The first-order valence-electron chi connectivity index (χ1n) is 10.2. The number of thioether (sulfide) groups is 1. The summed E-state index contributed by atoms with van der Waals surface area (Å²) in [7, 11) is 1.47. The van der Waals surface area contributed by atoms with Crippen LogP contribution >= 0.6 is 11.8 Å². The van der Waals surface area contributed by atoms with Crippen LogP contribution in [0.15, 0.2) is 52.7 Å². The summed E-state index contributed by atoms with van der Waals surface area (Å²) in [6, 6.07) is 13.0. The van der Waals surface area contributed by atoms with Crippen molar-refractivity contribution >= 4 is 29.9 Å². The van der Waals surface area contributed by atoms with E-state index in [0.29, 0.717) is 28.8 Å². The van der Waals surface area contributed by atoms with E-state index >= 15 is 0 Å². The van der Waals surface area contributed by atoms with Crippen LogP contribution in [0, 0.1) is 6.92 Å². The molecule has 172 valence electrons. The maximum Gasteiger partial charge on any atom is 0.308 e. The van der Waals surface area contributed by atoms with Crippen molar-refractivity contribution in [3.8, 4) is 22.9 Å². The zero-order valence-corrected chi connectivity index (χ0v) is 19.7. The molecule has 0 aliphatic heterocycles. The van der Waals surface area contributed by atoms with Crippen molar-refractivity contribution in [2.24, 2.45) is 5.10 Å². The van der Waals surface area contributed by atoms with Gasteiger partial charge in [-0.3, -0.25) is 9.59 Å². The van der Waals surface area contributed by atoms with Gasteiger partial charge in [-0.15, -0.1) is 10.2 Å². The van der Waals surface area contributed by atoms with Crippen LogP contribution in [0.5, 0.6) is 11.5 Å². The molecule has 10 heteroatoms. The minimum atomic E-state index is -0.440. The van der Waals surface area contributed by atoms with Gasteiger partial charge in [-0.2, -0.15) is 5.10 Å². The molecule has 1 N–H and O–H groups in total. The van der Waals surface area contributed by atoms with Crippen molar-refractivity contribution in [3.05, 3.63) is 53.6 Å². The lowest BCUT2D eigenvalue weighted by Gasteiger charge is -2.08. The summed E-state index contributed by atoms with van der Waals surface area (Å²) < 4.78 is 12.3. The predicted octanol–water partition coefficient (Wildman–Crippen LogP) is 3.45. The first-order chi connectivity index (χ1) is 15.9. The molecule has 1 heterocycles. The number of carbonyl (C=O) groups is 2. The number of aromatic nitrogens is 3. The standard InChI is InChI=1S/C23H25N5O4S/c1-5-28-22(18-9-6-15(2)7-10-18)26-27-23(28)33-14-21(30)25-24-13-17-8-11-19(32-16(3)29)20(12-17)31-4/h6-13H,5,14H2,1-4H3,(H,25,30)/b24-13-. The number of nitrogens with zero attached hydrogens (tertiary/aromatic N) is 4. The molecule has 0 bridgehead atoms. The summed E-state index contributed by atoms with van der Waals surface area (Å²) in [5.41, 5.74) is 5.32. The summed E-state index contributed by atoms with van der Waals surface area (Å²) >= 11 is 1.29. The van der Waals surface area contributed by atoms with Gasteiger partial charge in [0.05, 0.1) is 19.1 Å². The van der Waals surface area contributed by atoms with E-state index < -0.39 is 5.97 Å². The molecular formula is C23H25N5O4S. The molecule has 0 spiro atoms. The van der Waals surface area contributed by atoms with Crippen molar-refractivity contribution < 1.29 is 19.1 Å². The minimum Gasteiger partial charge on any atom is -0.493 e. The monoisotopic (exact) mass is 467 g/mol. The van der Waals surface area contributed by atoms with Gasteiger partial charge in [0.1, 0.15) is 0 Å². The second kappa shape index (κ2) is 11.3.